The van der Waals surface area contributed by atoms with Crippen LogP contribution in [0.15, 0.2) is 6.20 Å². The van der Waals surface area contributed by atoms with E-state index in [4.69, 9.17) is 5.73 Å². The Labute approximate surface area is 147 Å². The minimum absolute atomic E-state index is 0.339. The van der Waals surface area contributed by atoms with Crippen LogP contribution in [-0.4, -0.2) is 52.5 Å². The summed E-state index contributed by atoms with van der Waals surface area (Å²) in [4.78, 5) is 31.2. The first kappa shape index (κ1) is 18.6. The zero-order chi connectivity index (χ0) is 18.4. The van der Waals surface area contributed by atoms with E-state index in [0.717, 1.165) is 19.4 Å². The van der Waals surface area contributed by atoms with Crippen LogP contribution in [0.2, 0.25) is 0 Å². The minimum atomic E-state index is -0.503. The molecule has 0 saturated heterocycles. The molecule has 4 N–H and O–H groups in total. The van der Waals surface area contributed by atoms with Crippen molar-refractivity contribution in [3.63, 3.8) is 0 Å². The van der Waals surface area contributed by atoms with Crippen molar-refractivity contribution in [2.75, 3.05) is 36.2 Å². The maximum atomic E-state index is 11.5. The first-order chi connectivity index (χ1) is 12.0. The lowest BCUT2D eigenvalue weighted by Gasteiger charge is -2.17. The van der Waals surface area contributed by atoms with E-state index in [1.165, 1.54) is 0 Å². The van der Waals surface area contributed by atoms with Crippen LogP contribution in [0.4, 0.5) is 17.7 Å². The average Bonchev–Trinajstić information content (AvgIpc) is 2.58. The molecule has 0 aromatic carbocycles. The van der Waals surface area contributed by atoms with Crippen molar-refractivity contribution in [1.29, 1.82) is 0 Å². The van der Waals surface area contributed by atoms with E-state index in [1.54, 1.807) is 6.20 Å². The van der Waals surface area contributed by atoms with Crippen LogP contribution >= 0.6 is 0 Å². The standard InChI is InChI=1S/C16H26N8O/c1-5-7-10(13(17)25)20-16-19-9-11-12(22-16)14(24(3)4)23-15(21-11)18-8-6-2/h9-10H,5-8H2,1-4H3,(H2,17,25)(H,18,21,23)(H,19,20,22). The molecule has 2 aromatic heterocycles. The third-order valence-corrected chi connectivity index (χ3v) is 3.60. The van der Waals surface area contributed by atoms with Crippen molar-refractivity contribution in [1.82, 2.24) is 19.9 Å². The molecule has 1 amide bonds. The van der Waals surface area contributed by atoms with E-state index >= 15 is 0 Å². The molecule has 2 heterocycles. The number of fused-ring (bicyclic) bond motifs is 1. The SMILES string of the molecule is CCCNc1nc(N(C)C)c2nc(NC(CCC)C(N)=O)ncc2n1. The van der Waals surface area contributed by atoms with E-state index in [9.17, 15) is 4.79 Å². The van der Waals surface area contributed by atoms with E-state index < -0.39 is 11.9 Å². The van der Waals surface area contributed by atoms with Gasteiger partial charge in [-0.1, -0.05) is 20.3 Å². The Hall–Kier alpha value is -2.71. The number of nitrogens with two attached hydrogens (primary N) is 1. The third kappa shape index (κ3) is 4.65. The zero-order valence-corrected chi connectivity index (χ0v) is 15.2. The molecule has 2 aromatic rings. The van der Waals surface area contributed by atoms with Gasteiger partial charge < -0.3 is 21.3 Å². The van der Waals surface area contributed by atoms with Gasteiger partial charge in [0, 0.05) is 20.6 Å². The van der Waals surface area contributed by atoms with Gasteiger partial charge in [0.25, 0.3) is 0 Å². The van der Waals surface area contributed by atoms with Gasteiger partial charge in [0.1, 0.15) is 17.1 Å². The van der Waals surface area contributed by atoms with Gasteiger partial charge in [0.2, 0.25) is 17.8 Å². The summed E-state index contributed by atoms with van der Waals surface area (Å²) in [5.74, 6) is 1.14. The number of aromatic nitrogens is 4. The number of nitrogens with zero attached hydrogens (tertiary/aromatic N) is 5. The number of nitrogens with one attached hydrogen (secondary N) is 2. The maximum Gasteiger partial charge on any atom is 0.240 e. The number of amides is 1. The first-order valence-corrected chi connectivity index (χ1v) is 8.48. The highest BCUT2D eigenvalue weighted by Crippen LogP contribution is 2.23. The molecule has 0 spiro atoms. The summed E-state index contributed by atoms with van der Waals surface area (Å²) in [6.07, 6.45) is 4.05. The Morgan fingerprint density at radius 1 is 1.20 bits per heavy atom. The molecular formula is C16H26N8O. The zero-order valence-electron chi connectivity index (χ0n) is 15.2. The highest BCUT2D eigenvalue weighted by Gasteiger charge is 2.17. The third-order valence-electron chi connectivity index (χ3n) is 3.60. The molecule has 0 saturated carbocycles. The van der Waals surface area contributed by atoms with E-state index in [2.05, 4.69) is 37.5 Å². The van der Waals surface area contributed by atoms with Crippen molar-refractivity contribution in [2.24, 2.45) is 5.73 Å². The summed E-state index contributed by atoms with van der Waals surface area (Å²) in [5, 5.41) is 6.18. The van der Waals surface area contributed by atoms with Gasteiger partial charge in [-0.2, -0.15) is 4.98 Å². The summed E-state index contributed by atoms with van der Waals surface area (Å²) in [7, 11) is 3.79. The largest absolute Gasteiger partial charge is 0.368 e. The highest BCUT2D eigenvalue weighted by molar-refractivity contribution is 5.87. The fourth-order valence-electron chi connectivity index (χ4n) is 2.34. The topological polar surface area (TPSA) is 122 Å². The number of primary amides is 1. The average molecular weight is 346 g/mol. The fraction of sp³-hybridized carbons (Fsp3) is 0.562. The predicted octanol–water partition coefficient (Wildman–Crippen LogP) is 1.37. The Morgan fingerprint density at radius 3 is 2.56 bits per heavy atom. The molecule has 25 heavy (non-hydrogen) atoms. The molecule has 2 rings (SSSR count). The smallest absolute Gasteiger partial charge is 0.240 e. The van der Waals surface area contributed by atoms with Gasteiger partial charge >= 0.3 is 0 Å². The molecule has 0 aliphatic heterocycles. The summed E-state index contributed by atoms with van der Waals surface area (Å²) in [5.41, 5.74) is 6.68. The molecule has 0 bridgehead atoms. The summed E-state index contributed by atoms with van der Waals surface area (Å²) in [6, 6.07) is -0.503. The molecule has 0 aliphatic rings. The molecule has 9 heteroatoms. The van der Waals surface area contributed by atoms with Crippen LogP contribution in [0.5, 0.6) is 0 Å². The minimum Gasteiger partial charge on any atom is -0.368 e. The fourth-order valence-corrected chi connectivity index (χ4v) is 2.34. The van der Waals surface area contributed by atoms with Crippen LogP contribution in [0.3, 0.4) is 0 Å². The van der Waals surface area contributed by atoms with Crippen LogP contribution < -0.4 is 21.3 Å². The number of rotatable bonds is 9. The van der Waals surface area contributed by atoms with Gasteiger partial charge in [-0.15, -0.1) is 0 Å². The van der Waals surface area contributed by atoms with Gasteiger partial charge in [-0.25, -0.2) is 15.0 Å². The Kier molecular flexibility index (Phi) is 6.26. The van der Waals surface area contributed by atoms with Crippen molar-refractivity contribution in [2.45, 2.75) is 39.2 Å². The number of anilines is 3. The monoisotopic (exact) mass is 346 g/mol. The van der Waals surface area contributed by atoms with Crippen LogP contribution in [-0.2, 0) is 4.79 Å². The normalized spacial score (nSPS) is 12.0. The number of hydrogen-bond donors (Lipinski definition) is 3. The molecule has 1 unspecified atom stereocenters. The van der Waals surface area contributed by atoms with Crippen molar-refractivity contribution in [3.05, 3.63) is 6.20 Å². The van der Waals surface area contributed by atoms with E-state index in [-0.39, 0.29) is 0 Å². The lowest BCUT2D eigenvalue weighted by atomic mass is 10.1. The second-order valence-electron chi connectivity index (χ2n) is 6.01. The van der Waals surface area contributed by atoms with Gasteiger partial charge in [-0.05, 0) is 12.8 Å². The molecule has 0 fully saturated rings. The summed E-state index contributed by atoms with van der Waals surface area (Å²) < 4.78 is 0. The lowest BCUT2D eigenvalue weighted by molar-refractivity contribution is -0.118. The van der Waals surface area contributed by atoms with Crippen molar-refractivity contribution in [3.8, 4) is 0 Å². The van der Waals surface area contributed by atoms with Gasteiger partial charge in [0.15, 0.2) is 5.82 Å². The van der Waals surface area contributed by atoms with E-state index in [0.29, 0.717) is 35.2 Å². The van der Waals surface area contributed by atoms with Crippen LogP contribution in [0, 0.1) is 0 Å². The van der Waals surface area contributed by atoms with Gasteiger partial charge in [0.05, 0.1) is 6.20 Å². The molecule has 9 nitrogen and oxygen atoms in total. The Balaban J connectivity index is 2.40. The molecule has 0 aliphatic carbocycles. The quantitative estimate of drug-likeness (QED) is 0.622. The Morgan fingerprint density at radius 2 is 1.96 bits per heavy atom. The predicted molar refractivity (Wildman–Crippen MR) is 99.7 cm³/mol. The number of carbonyl (C=O) groups excluding carboxylic acids is 1. The van der Waals surface area contributed by atoms with Crippen molar-refractivity contribution >= 4 is 34.7 Å². The van der Waals surface area contributed by atoms with Crippen LogP contribution in [0.1, 0.15) is 33.1 Å². The lowest BCUT2D eigenvalue weighted by Crippen LogP contribution is -2.35. The van der Waals surface area contributed by atoms with E-state index in [1.807, 2.05) is 25.9 Å². The first-order valence-electron chi connectivity index (χ1n) is 8.48. The second-order valence-corrected chi connectivity index (χ2v) is 6.01. The van der Waals surface area contributed by atoms with Crippen molar-refractivity contribution < 1.29 is 4.79 Å². The number of carbonyl (C=O) groups is 1. The molecule has 136 valence electrons. The number of hydrogen-bond acceptors (Lipinski definition) is 8. The molecule has 0 radical (unpaired) electrons. The highest BCUT2D eigenvalue weighted by atomic mass is 16.1. The summed E-state index contributed by atoms with van der Waals surface area (Å²) in [6.45, 7) is 4.85. The van der Waals surface area contributed by atoms with Gasteiger partial charge in [-0.3, -0.25) is 4.79 Å². The molecular weight excluding hydrogens is 320 g/mol. The second kappa shape index (κ2) is 8.41. The summed E-state index contributed by atoms with van der Waals surface area (Å²) >= 11 is 0. The molecule has 1 atom stereocenters. The maximum absolute atomic E-state index is 11.5. The van der Waals surface area contributed by atoms with Crippen LogP contribution in [0.25, 0.3) is 11.0 Å². The Bertz CT molecular complexity index is 733.